The molecule has 0 radical (unpaired) electrons. The summed E-state index contributed by atoms with van der Waals surface area (Å²) in [6.07, 6.45) is 7.48. The van der Waals surface area contributed by atoms with Crippen molar-refractivity contribution in [3.8, 4) is 5.75 Å². The molecule has 1 aromatic carbocycles. The van der Waals surface area contributed by atoms with Crippen molar-refractivity contribution in [2.75, 3.05) is 13.2 Å². The zero-order valence-corrected chi connectivity index (χ0v) is 13.9. The van der Waals surface area contributed by atoms with Gasteiger partial charge in [-0.15, -0.1) is 0 Å². The van der Waals surface area contributed by atoms with E-state index in [0.717, 1.165) is 55.7 Å². The highest BCUT2D eigenvalue weighted by atomic mass is 16.5. The molecular weight excluding hydrogens is 302 g/mol. The quantitative estimate of drug-likeness (QED) is 0.908. The van der Waals surface area contributed by atoms with Gasteiger partial charge < -0.3 is 10.1 Å². The predicted molar refractivity (Wildman–Crippen MR) is 91.5 cm³/mol. The van der Waals surface area contributed by atoms with Gasteiger partial charge in [0.2, 0.25) is 0 Å². The fraction of sp³-hybridized carbons (Fsp3) is 0.474. The van der Waals surface area contributed by atoms with Gasteiger partial charge in [0.05, 0.1) is 12.3 Å². The number of hydrogen-bond donors (Lipinski definition) is 2. The third kappa shape index (κ3) is 3.03. The standard InChI is InChI=1S/C19H23N3O2/c23-19(14-7-8-18-13(12-14)4-3-11-24-18)20-10-9-17-15-5-1-2-6-16(15)21-22-17/h7-8,12H,1-6,9-11H2,(H,20,23)(H,21,22). The smallest absolute Gasteiger partial charge is 0.251 e. The Hall–Kier alpha value is -2.30. The molecule has 2 aliphatic rings. The van der Waals surface area contributed by atoms with Gasteiger partial charge in [0.15, 0.2) is 0 Å². The van der Waals surface area contributed by atoms with E-state index < -0.39 is 0 Å². The summed E-state index contributed by atoms with van der Waals surface area (Å²) < 4.78 is 5.60. The zero-order chi connectivity index (χ0) is 16.4. The molecule has 0 spiro atoms. The van der Waals surface area contributed by atoms with Crippen LogP contribution in [0.3, 0.4) is 0 Å². The Balaban J connectivity index is 1.36. The molecule has 2 aromatic rings. The van der Waals surface area contributed by atoms with E-state index in [-0.39, 0.29) is 5.91 Å². The van der Waals surface area contributed by atoms with Crippen LogP contribution < -0.4 is 10.1 Å². The highest BCUT2D eigenvalue weighted by Gasteiger charge is 2.17. The molecule has 2 N–H and O–H groups in total. The summed E-state index contributed by atoms with van der Waals surface area (Å²) in [4.78, 5) is 12.4. The molecule has 1 aromatic heterocycles. The lowest BCUT2D eigenvalue weighted by atomic mass is 9.95. The second kappa shape index (κ2) is 6.67. The lowest BCUT2D eigenvalue weighted by molar-refractivity contribution is 0.0954. The SMILES string of the molecule is O=C(NCCc1n[nH]c2c1CCCC2)c1ccc2c(c1)CCCO2. The van der Waals surface area contributed by atoms with Crippen LogP contribution in [0.4, 0.5) is 0 Å². The minimum atomic E-state index is -0.0206. The number of carbonyl (C=O) groups excluding carboxylic acids is 1. The van der Waals surface area contributed by atoms with Gasteiger partial charge in [0.25, 0.3) is 5.91 Å². The monoisotopic (exact) mass is 325 g/mol. The van der Waals surface area contributed by atoms with Gasteiger partial charge in [-0.2, -0.15) is 5.10 Å². The maximum Gasteiger partial charge on any atom is 0.251 e. The molecule has 5 heteroatoms. The van der Waals surface area contributed by atoms with Gasteiger partial charge in [-0.3, -0.25) is 9.89 Å². The van der Waals surface area contributed by atoms with Crippen molar-refractivity contribution < 1.29 is 9.53 Å². The molecule has 2 heterocycles. The number of amides is 1. The minimum Gasteiger partial charge on any atom is -0.493 e. The molecule has 1 aliphatic carbocycles. The highest BCUT2D eigenvalue weighted by molar-refractivity contribution is 5.94. The Bertz CT molecular complexity index is 751. The van der Waals surface area contributed by atoms with Crippen LogP contribution in [-0.4, -0.2) is 29.3 Å². The molecule has 24 heavy (non-hydrogen) atoms. The Morgan fingerprint density at radius 1 is 1.21 bits per heavy atom. The number of benzene rings is 1. The van der Waals surface area contributed by atoms with Crippen molar-refractivity contribution in [3.63, 3.8) is 0 Å². The zero-order valence-electron chi connectivity index (χ0n) is 13.9. The second-order valence-electron chi connectivity index (χ2n) is 6.61. The molecule has 4 rings (SSSR count). The number of ether oxygens (including phenoxy) is 1. The number of aromatic amines is 1. The van der Waals surface area contributed by atoms with E-state index in [1.54, 1.807) is 0 Å². The molecule has 0 saturated heterocycles. The van der Waals surface area contributed by atoms with Crippen LogP contribution in [0.15, 0.2) is 18.2 Å². The highest BCUT2D eigenvalue weighted by Crippen LogP contribution is 2.25. The summed E-state index contributed by atoms with van der Waals surface area (Å²) in [5.74, 6) is 0.897. The lowest BCUT2D eigenvalue weighted by Gasteiger charge is -2.17. The van der Waals surface area contributed by atoms with Crippen LogP contribution in [0, 0.1) is 0 Å². The van der Waals surface area contributed by atoms with Gasteiger partial charge in [-0.05, 0) is 67.9 Å². The van der Waals surface area contributed by atoms with Crippen molar-refractivity contribution in [2.45, 2.75) is 44.9 Å². The van der Waals surface area contributed by atoms with Crippen LogP contribution in [0.1, 0.15) is 52.1 Å². The molecular formula is C19H23N3O2. The summed E-state index contributed by atoms with van der Waals surface area (Å²) in [5, 5.41) is 10.6. The molecule has 5 nitrogen and oxygen atoms in total. The number of rotatable bonds is 4. The summed E-state index contributed by atoms with van der Waals surface area (Å²) in [7, 11) is 0. The van der Waals surface area contributed by atoms with Gasteiger partial charge >= 0.3 is 0 Å². The largest absolute Gasteiger partial charge is 0.493 e. The second-order valence-corrected chi connectivity index (χ2v) is 6.61. The van der Waals surface area contributed by atoms with Gasteiger partial charge in [-0.25, -0.2) is 0 Å². The van der Waals surface area contributed by atoms with Crippen molar-refractivity contribution in [3.05, 3.63) is 46.3 Å². The third-order valence-corrected chi connectivity index (χ3v) is 4.96. The number of carbonyl (C=O) groups is 1. The van der Waals surface area contributed by atoms with E-state index in [4.69, 9.17) is 4.74 Å². The van der Waals surface area contributed by atoms with Gasteiger partial charge in [0.1, 0.15) is 5.75 Å². The Morgan fingerprint density at radius 3 is 3.08 bits per heavy atom. The number of aromatic nitrogens is 2. The number of nitrogens with zero attached hydrogens (tertiary/aromatic N) is 1. The van der Waals surface area contributed by atoms with E-state index in [2.05, 4.69) is 15.5 Å². The number of H-pyrrole nitrogens is 1. The van der Waals surface area contributed by atoms with E-state index in [0.29, 0.717) is 12.1 Å². The van der Waals surface area contributed by atoms with Crippen molar-refractivity contribution in [1.29, 1.82) is 0 Å². The summed E-state index contributed by atoms with van der Waals surface area (Å²) in [5.41, 5.74) is 5.63. The average molecular weight is 325 g/mol. The predicted octanol–water partition coefficient (Wildman–Crippen LogP) is 2.59. The first-order valence-corrected chi connectivity index (χ1v) is 8.90. The molecule has 0 saturated carbocycles. The average Bonchev–Trinajstić information content (AvgIpc) is 3.04. The molecule has 1 amide bonds. The molecule has 0 unspecified atom stereocenters. The van der Waals surface area contributed by atoms with Crippen molar-refractivity contribution in [1.82, 2.24) is 15.5 Å². The molecule has 0 bridgehead atoms. The first-order chi connectivity index (χ1) is 11.8. The Morgan fingerprint density at radius 2 is 2.12 bits per heavy atom. The Labute approximate surface area is 141 Å². The summed E-state index contributed by atoms with van der Waals surface area (Å²) in [6.45, 7) is 1.39. The maximum atomic E-state index is 12.4. The number of fused-ring (bicyclic) bond motifs is 2. The summed E-state index contributed by atoms with van der Waals surface area (Å²) in [6, 6.07) is 5.71. The lowest BCUT2D eigenvalue weighted by Crippen LogP contribution is -2.26. The number of nitrogens with one attached hydrogen (secondary N) is 2. The van der Waals surface area contributed by atoms with E-state index >= 15 is 0 Å². The molecule has 0 atom stereocenters. The van der Waals surface area contributed by atoms with Crippen molar-refractivity contribution in [2.24, 2.45) is 0 Å². The van der Waals surface area contributed by atoms with Crippen LogP contribution in [0.5, 0.6) is 5.75 Å². The van der Waals surface area contributed by atoms with E-state index in [1.165, 1.54) is 24.1 Å². The molecule has 0 fully saturated rings. The number of aryl methyl sites for hydroxylation is 2. The fourth-order valence-electron chi connectivity index (χ4n) is 3.65. The molecule has 126 valence electrons. The van der Waals surface area contributed by atoms with E-state index in [1.807, 2.05) is 18.2 Å². The molecule has 1 aliphatic heterocycles. The van der Waals surface area contributed by atoms with Gasteiger partial charge in [0, 0.05) is 24.2 Å². The van der Waals surface area contributed by atoms with Gasteiger partial charge in [-0.1, -0.05) is 0 Å². The minimum absolute atomic E-state index is 0.0206. The van der Waals surface area contributed by atoms with Crippen LogP contribution in [0.25, 0.3) is 0 Å². The Kier molecular flexibility index (Phi) is 4.24. The maximum absolute atomic E-state index is 12.4. The van der Waals surface area contributed by atoms with E-state index in [9.17, 15) is 4.79 Å². The third-order valence-electron chi connectivity index (χ3n) is 4.96. The van der Waals surface area contributed by atoms with Crippen LogP contribution >= 0.6 is 0 Å². The van der Waals surface area contributed by atoms with Crippen LogP contribution in [-0.2, 0) is 25.7 Å². The normalized spacial score (nSPS) is 16.0. The topological polar surface area (TPSA) is 67.0 Å². The number of hydrogen-bond acceptors (Lipinski definition) is 3. The fourth-order valence-corrected chi connectivity index (χ4v) is 3.65. The first-order valence-electron chi connectivity index (χ1n) is 8.90. The van der Waals surface area contributed by atoms with Crippen molar-refractivity contribution >= 4 is 5.91 Å². The first kappa shape index (κ1) is 15.2. The summed E-state index contributed by atoms with van der Waals surface area (Å²) >= 11 is 0. The van der Waals surface area contributed by atoms with Crippen LogP contribution in [0.2, 0.25) is 0 Å².